The number of nitro groups is 1. The normalized spacial score (nSPS) is 10.7. The van der Waals surface area contributed by atoms with Crippen molar-refractivity contribution >= 4 is 33.2 Å². The number of hydrogen-bond acceptors (Lipinski definition) is 5. The zero-order valence-corrected chi connectivity index (χ0v) is 16.9. The van der Waals surface area contributed by atoms with Crippen LogP contribution in [0.3, 0.4) is 0 Å². The predicted octanol–water partition coefficient (Wildman–Crippen LogP) is 4.33. The molecule has 0 heterocycles. The van der Waals surface area contributed by atoms with Gasteiger partial charge in [-0.05, 0) is 53.3 Å². The van der Waals surface area contributed by atoms with Crippen LogP contribution in [-0.4, -0.2) is 42.0 Å². The zero-order valence-electron chi connectivity index (χ0n) is 15.3. The lowest BCUT2D eigenvalue weighted by atomic mass is 10.2. The van der Waals surface area contributed by atoms with E-state index in [0.717, 1.165) is 19.6 Å². The molecule has 0 aliphatic carbocycles. The lowest BCUT2D eigenvalue weighted by molar-refractivity contribution is -0.385. The minimum Gasteiger partial charge on any atom is -0.490 e. The molecule has 27 heavy (non-hydrogen) atoms. The lowest BCUT2D eigenvalue weighted by Crippen LogP contribution is -2.28. The molecule has 0 saturated carbocycles. The average molecular weight is 436 g/mol. The van der Waals surface area contributed by atoms with Crippen molar-refractivity contribution in [2.24, 2.45) is 0 Å². The fraction of sp³-hybridized carbons (Fsp3) is 0.316. The summed E-state index contributed by atoms with van der Waals surface area (Å²) in [5, 5.41) is 13.8. The van der Waals surface area contributed by atoms with Crippen molar-refractivity contribution in [3.63, 3.8) is 0 Å². The fourth-order valence-corrected chi connectivity index (χ4v) is 2.90. The van der Waals surface area contributed by atoms with Crippen LogP contribution in [0.1, 0.15) is 24.2 Å². The van der Waals surface area contributed by atoms with Gasteiger partial charge < -0.3 is 15.0 Å². The number of likely N-dealkylation sites (N-methyl/N-ethyl adjacent to an activating group) is 1. The van der Waals surface area contributed by atoms with Gasteiger partial charge in [-0.1, -0.05) is 26.0 Å². The maximum absolute atomic E-state index is 12.5. The Bertz CT molecular complexity index is 809. The molecule has 0 radical (unpaired) electrons. The van der Waals surface area contributed by atoms with Crippen LogP contribution < -0.4 is 10.1 Å². The van der Waals surface area contributed by atoms with Gasteiger partial charge in [-0.2, -0.15) is 0 Å². The number of carbonyl (C=O) groups is 1. The van der Waals surface area contributed by atoms with Gasteiger partial charge in [-0.3, -0.25) is 14.9 Å². The van der Waals surface area contributed by atoms with Gasteiger partial charge in [-0.15, -0.1) is 0 Å². The van der Waals surface area contributed by atoms with Crippen LogP contribution in [0.5, 0.6) is 5.75 Å². The van der Waals surface area contributed by atoms with Gasteiger partial charge in [0.05, 0.1) is 15.1 Å². The van der Waals surface area contributed by atoms with E-state index in [2.05, 4.69) is 40.0 Å². The summed E-state index contributed by atoms with van der Waals surface area (Å²) in [6, 6.07) is 11.4. The number of amides is 1. The summed E-state index contributed by atoms with van der Waals surface area (Å²) >= 11 is 3.11. The minimum atomic E-state index is -0.537. The number of rotatable bonds is 9. The van der Waals surface area contributed by atoms with E-state index in [1.54, 1.807) is 18.2 Å². The quantitative estimate of drug-likeness (QED) is 0.467. The first-order valence-electron chi connectivity index (χ1n) is 8.65. The summed E-state index contributed by atoms with van der Waals surface area (Å²) in [5.41, 5.74) is 0.557. The second kappa shape index (κ2) is 10.0. The third-order valence-electron chi connectivity index (χ3n) is 4.10. The maximum Gasteiger partial charge on any atom is 0.284 e. The second-order valence-corrected chi connectivity index (χ2v) is 6.60. The summed E-state index contributed by atoms with van der Waals surface area (Å²) in [6.45, 7) is 7.36. The number of anilines is 1. The van der Waals surface area contributed by atoms with E-state index < -0.39 is 10.8 Å². The van der Waals surface area contributed by atoms with Crippen LogP contribution in [-0.2, 0) is 0 Å². The number of nitrogens with one attached hydrogen (secondary N) is 1. The molecule has 0 bridgehead atoms. The third-order valence-corrected chi connectivity index (χ3v) is 4.77. The molecule has 2 aromatic carbocycles. The number of carbonyl (C=O) groups excluding carboxylic acids is 1. The zero-order chi connectivity index (χ0) is 19.8. The van der Waals surface area contributed by atoms with Crippen LogP contribution in [0.15, 0.2) is 46.9 Å². The van der Waals surface area contributed by atoms with Gasteiger partial charge in [0.25, 0.3) is 11.6 Å². The highest BCUT2D eigenvalue weighted by molar-refractivity contribution is 9.10. The van der Waals surface area contributed by atoms with E-state index in [-0.39, 0.29) is 11.3 Å². The predicted molar refractivity (Wildman–Crippen MR) is 108 cm³/mol. The van der Waals surface area contributed by atoms with E-state index in [9.17, 15) is 14.9 Å². The summed E-state index contributed by atoms with van der Waals surface area (Å²) in [4.78, 5) is 25.3. The molecule has 0 saturated heterocycles. The highest BCUT2D eigenvalue weighted by Gasteiger charge is 2.17. The molecule has 1 N–H and O–H groups in total. The molecule has 0 aromatic heterocycles. The van der Waals surface area contributed by atoms with Crippen molar-refractivity contribution in [3.8, 4) is 5.75 Å². The standard InChI is InChI=1S/C19H22BrN3O4/c1-3-22(4-2)11-12-27-18-8-6-5-7-16(18)21-19(24)14-9-10-15(20)17(13-14)23(25)26/h5-10,13H,3-4,11-12H2,1-2H3,(H,21,24). The average Bonchev–Trinajstić information content (AvgIpc) is 2.66. The first-order valence-corrected chi connectivity index (χ1v) is 9.45. The molecule has 0 fully saturated rings. The van der Waals surface area contributed by atoms with Crippen molar-refractivity contribution in [1.29, 1.82) is 0 Å². The number of halogens is 1. The van der Waals surface area contributed by atoms with Crippen molar-refractivity contribution < 1.29 is 14.5 Å². The molecule has 0 aliphatic rings. The molecular weight excluding hydrogens is 414 g/mol. The molecule has 0 spiro atoms. The number of para-hydroxylation sites is 2. The molecule has 7 nitrogen and oxygen atoms in total. The molecule has 2 rings (SSSR count). The molecule has 0 aliphatic heterocycles. The van der Waals surface area contributed by atoms with E-state index in [1.165, 1.54) is 18.2 Å². The van der Waals surface area contributed by atoms with Gasteiger partial charge in [0, 0.05) is 18.2 Å². The van der Waals surface area contributed by atoms with E-state index in [1.807, 2.05) is 6.07 Å². The summed E-state index contributed by atoms with van der Waals surface area (Å²) in [5.74, 6) is 0.120. The number of hydrogen-bond donors (Lipinski definition) is 1. The lowest BCUT2D eigenvalue weighted by Gasteiger charge is -2.19. The Kier molecular flexibility index (Phi) is 7.75. The Balaban J connectivity index is 2.10. The van der Waals surface area contributed by atoms with Crippen LogP contribution in [0.2, 0.25) is 0 Å². The van der Waals surface area contributed by atoms with E-state index in [4.69, 9.17) is 4.74 Å². The molecule has 2 aromatic rings. The monoisotopic (exact) mass is 435 g/mol. The summed E-state index contributed by atoms with van der Waals surface area (Å²) in [6.07, 6.45) is 0. The Labute approximate surface area is 166 Å². The number of nitro benzene ring substituents is 1. The Morgan fingerprint density at radius 3 is 2.59 bits per heavy atom. The number of ether oxygens (including phenoxy) is 1. The Morgan fingerprint density at radius 1 is 1.22 bits per heavy atom. The van der Waals surface area contributed by atoms with Gasteiger partial charge in [0.2, 0.25) is 0 Å². The molecule has 0 unspecified atom stereocenters. The molecular formula is C19H22BrN3O4. The van der Waals surface area contributed by atoms with Crippen molar-refractivity contribution in [2.45, 2.75) is 13.8 Å². The topological polar surface area (TPSA) is 84.7 Å². The second-order valence-electron chi connectivity index (χ2n) is 5.75. The Morgan fingerprint density at radius 2 is 1.93 bits per heavy atom. The van der Waals surface area contributed by atoms with Gasteiger partial charge in [0.1, 0.15) is 12.4 Å². The molecule has 0 atom stereocenters. The Hall–Kier alpha value is -2.45. The minimum absolute atomic E-state index is 0.161. The van der Waals surface area contributed by atoms with E-state index >= 15 is 0 Å². The van der Waals surface area contributed by atoms with Crippen molar-refractivity contribution in [2.75, 3.05) is 31.6 Å². The molecule has 1 amide bonds. The smallest absolute Gasteiger partial charge is 0.284 e. The highest BCUT2D eigenvalue weighted by Crippen LogP contribution is 2.28. The first kappa shape index (κ1) is 20.9. The summed E-state index contributed by atoms with van der Waals surface area (Å²) < 4.78 is 6.14. The SMILES string of the molecule is CCN(CC)CCOc1ccccc1NC(=O)c1ccc(Br)c([N+](=O)[O-])c1. The number of nitrogens with zero attached hydrogens (tertiary/aromatic N) is 2. The molecule has 144 valence electrons. The van der Waals surface area contributed by atoms with Crippen LogP contribution in [0.4, 0.5) is 11.4 Å². The largest absolute Gasteiger partial charge is 0.490 e. The fourth-order valence-electron chi connectivity index (χ4n) is 2.51. The summed E-state index contributed by atoms with van der Waals surface area (Å²) in [7, 11) is 0. The van der Waals surface area contributed by atoms with Crippen molar-refractivity contribution in [1.82, 2.24) is 4.90 Å². The van der Waals surface area contributed by atoms with E-state index in [0.29, 0.717) is 22.5 Å². The van der Waals surface area contributed by atoms with Crippen LogP contribution >= 0.6 is 15.9 Å². The van der Waals surface area contributed by atoms with Gasteiger partial charge >= 0.3 is 0 Å². The van der Waals surface area contributed by atoms with Gasteiger partial charge in [0.15, 0.2) is 0 Å². The van der Waals surface area contributed by atoms with Crippen molar-refractivity contribution in [3.05, 3.63) is 62.6 Å². The molecule has 8 heteroatoms. The first-order chi connectivity index (χ1) is 13.0. The van der Waals surface area contributed by atoms with Crippen LogP contribution in [0, 0.1) is 10.1 Å². The third kappa shape index (κ3) is 5.77. The van der Waals surface area contributed by atoms with Crippen LogP contribution in [0.25, 0.3) is 0 Å². The highest BCUT2D eigenvalue weighted by atomic mass is 79.9. The number of benzene rings is 2. The maximum atomic E-state index is 12.5. The van der Waals surface area contributed by atoms with Gasteiger partial charge in [-0.25, -0.2) is 0 Å².